The lowest BCUT2D eigenvalue weighted by atomic mass is 9.72. The van der Waals surface area contributed by atoms with Gasteiger partial charge in [-0.05, 0) is 68.7 Å². The Hall–Kier alpha value is -2.38. The number of nitrogens with zero attached hydrogens (tertiary/aromatic N) is 2. The standard InChI is InChI=1S/C25H31N3O4/c29-23(19-3-4-21-18(15-19)5-10-26-21)27-11-6-20(7-12-27)28-24(30)22(32-16-17-1-2-17)25(28)8-13-31-14-9-25/h3-5,10,15,17,20,22,26H,1-2,6-9,11-14,16H2. The van der Waals surface area contributed by atoms with Crippen LogP contribution in [0.1, 0.15) is 48.9 Å². The Morgan fingerprint density at radius 1 is 1.12 bits per heavy atom. The van der Waals surface area contributed by atoms with E-state index < -0.39 is 0 Å². The fourth-order valence-corrected chi connectivity index (χ4v) is 5.85. The van der Waals surface area contributed by atoms with E-state index in [2.05, 4.69) is 9.88 Å². The number of aromatic amines is 1. The molecule has 1 spiro atoms. The van der Waals surface area contributed by atoms with Crippen molar-refractivity contribution in [2.24, 2.45) is 5.92 Å². The Morgan fingerprint density at radius 3 is 2.66 bits per heavy atom. The van der Waals surface area contributed by atoms with Gasteiger partial charge in [0.25, 0.3) is 11.8 Å². The van der Waals surface area contributed by atoms with Crippen molar-refractivity contribution in [2.75, 3.05) is 32.9 Å². The number of ether oxygens (including phenoxy) is 2. The van der Waals surface area contributed by atoms with Crippen LogP contribution in [0, 0.1) is 5.92 Å². The van der Waals surface area contributed by atoms with E-state index in [4.69, 9.17) is 9.47 Å². The predicted octanol–water partition coefficient (Wildman–Crippen LogP) is 2.96. The van der Waals surface area contributed by atoms with Gasteiger partial charge in [-0.15, -0.1) is 0 Å². The summed E-state index contributed by atoms with van der Waals surface area (Å²) in [4.78, 5) is 33.5. The molecule has 1 atom stereocenters. The molecule has 1 aromatic heterocycles. The average molecular weight is 438 g/mol. The number of hydrogen-bond donors (Lipinski definition) is 1. The van der Waals surface area contributed by atoms with Gasteiger partial charge in [0, 0.05) is 55.0 Å². The maximum atomic E-state index is 13.2. The summed E-state index contributed by atoms with van der Waals surface area (Å²) in [5, 5.41) is 1.05. The van der Waals surface area contributed by atoms with Crippen molar-refractivity contribution < 1.29 is 19.1 Å². The van der Waals surface area contributed by atoms with E-state index in [0.29, 0.717) is 38.8 Å². The molecule has 0 radical (unpaired) electrons. The lowest BCUT2D eigenvalue weighted by molar-refractivity contribution is -0.219. The third kappa shape index (κ3) is 3.33. The monoisotopic (exact) mass is 437 g/mol. The number of rotatable bonds is 5. The van der Waals surface area contributed by atoms with Gasteiger partial charge in [0.2, 0.25) is 0 Å². The molecule has 1 unspecified atom stereocenters. The normalized spacial score (nSPS) is 26.0. The summed E-state index contributed by atoms with van der Waals surface area (Å²) >= 11 is 0. The van der Waals surface area contributed by atoms with Crippen molar-refractivity contribution >= 4 is 22.7 Å². The minimum absolute atomic E-state index is 0.0768. The van der Waals surface area contributed by atoms with Gasteiger partial charge < -0.3 is 24.3 Å². The maximum Gasteiger partial charge on any atom is 0.254 e. The first kappa shape index (κ1) is 20.2. The first-order chi connectivity index (χ1) is 15.7. The SMILES string of the molecule is O=C(c1ccc2[nH]ccc2c1)N1CCC(N2C(=O)C(OCC3CC3)C23CCOCC3)CC1. The molecule has 2 aromatic rings. The Bertz CT molecular complexity index is 1020. The molecule has 0 bridgehead atoms. The zero-order chi connectivity index (χ0) is 21.7. The molecule has 2 amide bonds. The molecule has 4 heterocycles. The first-order valence-corrected chi connectivity index (χ1v) is 12.0. The first-order valence-electron chi connectivity index (χ1n) is 12.0. The molecule has 4 aliphatic rings. The minimum atomic E-state index is -0.306. The van der Waals surface area contributed by atoms with E-state index >= 15 is 0 Å². The van der Waals surface area contributed by atoms with Crippen LogP contribution in [0.3, 0.4) is 0 Å². The highest BCUT2D eigenvalue weighted by atomic mass is 16.5. The third-order valence-electron chi connectivity index (χ3n) is 7.90. The molecule has 1 aliphatic carbocycles. The fraction of sp³-hybridized carbons (Fsp3) is 0.600. The van der Waals surface area contributed by atoms with Gasteiger partial charge in [0.1, 0.15) is 0 Å². The highest BCUT2D eigenvalue weighted by Gasteiger charge is 2.63. The summed E-state index contributed by atoms with van der Waals surface area (Å²) in [6.07, 6.45) is 7.38. The van der Waals surface area contributed by atoms with Gasteiger partial charge in [-0.3, -0.25) is 9.59 Å². The number of H-pyrrole nitrogens is 1. The number of fused-ring (bicyclic) bond motifs is 1. The molecule has 6 rings (SSSR count). The number of benzene rings is 1. The van der Waals surface area contributed by atoms with Gasteiger partial charge >= 0.3 is 0 Å². The summed E-state index contributed by atoms with van der Waals surface area (Å²) in [5.74, 6) is 0.872. The molecule has 7 nitrogen and oxygen atoms in total. The van der Waals surface area contributed by atoms with E-state index in [1.807, 2.05) is 35.4 Å². The average Bonchev–Trinajstić information content (AvgIpc) is 3.53. The molecule has 3 saturated heterocycles. The van der Waals surface area contributed by atoms with Crippen LogP contribution in [0.5, 0.6) is 0 Å². The number of aromatic nitrogens is 1. The van der Waals surface area contributed by atoms with Crippen LogP contribution in [-0.4, -0.2) is 77.2 Å². The zero-order valence-corrected chi connectivity index (χ0v) is 18.4. The van der Waals surface area contributed by atoms with Crippen molar-refractivity contribution in [1.29, 1.82) is 0 Å². The number of likely N-dealkylation sites (tertiary alicyclic amines) is 2. The molecule has 1 aromatic carbocycles. The van der Waals surface area contributed by atoms with Gasteiger partial charge in [0.15, 0.2) is 6.10 Å². The second-order valence-corrected chi connectivity index (χ2v) is 9.88. The predicted molar refractivity (Wildman–Crippen MR) is 119 cm³/mol. The van der Waals surface area contributed by atoms with Crippen LogP contribution >= 0.6 is 0 Å². The molecular formula is C25H31N3O4. The summed E-state index contributed by atoms with van der Waals surface area (Å²) in [6, 6.07) is 7.98. The lowest BCUT2D eigenvalue weighted by Crippen LogP contribution is -2.79. The molecule has 7 heteroatoms. The number of β-lactam (4-membered cyclic amide) rings is 1. The highest BCUT2D eigenvalue weighted by molar-refractivity contribution is 5.98. The van der Waals surface area contributed by atoms with E-state index in [-0.39, 0.29) is 29.5 Å². The largest absolute Gasteiger partial charge is 0.381 e. The van der Waals surface area contributed by atoms with E-state index in [0.717, 1.165) is 42.1 Å². The van der Waals surface area contributed by atoms with E-state index in [1.54, 1.807) is 0 Å². The summed E-state index contributed by atoms with van der Waals surface area (Å²) in [6.45, 7) is 3.45. The Kier molecular flexibility index (Phi) is 4.99. The number of carbonyl (C=O) groups is 2. The number of piperidine rings is 1. The Morgan fingerprint density at radius 2 is 1.91 bits per heavy atom. The number of carbonyl (C=O) groups excluding carboxylic acids is 2. The van der Waals surface area contributed by atoms with Crippen molar-refractivity contribution in [3.8, 4) is 0 Å². The van der Waals surface area contributed by atoms with Gasteiger partial charge in [-0.1, -0.05) is 0 Å². The molecule has 32 heavy (non-hydrogen) atoms. The van der Waals surface area contributed by atoms with Crippen molar-refractivity contribution in [2.45, 2.75) is 56.2 Å². The maximum absolute atomic E-state index is 13.2. The number of nitrogens with one attached hydrogen (secondary N) is 1. The van der Waals surface area contributed by atoms with Gasteiger partial charge in [-0.25, -0.2) is 0 Å². The van der Waals surface area contributed by atoms with Crippen LogP contribution in [0.25, 0.3) is 10.9 Å². The number of amides is 2. The van der Waals surface area contributed by atoms with Gasteiger partial charge in [-0.2, -0.15) is 0 Å². The quantitative estimate of drug-likeness (QED) is 0.730. The van der Waals surface area contributed by atoms with Crippen molar-refractivity contribution in [3.63, 3.8) is 0 Å². The highest BCUT2D eigenvalue weighted by Crippen LogP contribution is 2.46. The second-order valence-electron chi connectivity index (χ2n) is 9.88. The van der Waals surface area contributed by atoms with E-state index in [1.165, 1.54) is 12.8 Å². The third-order valence-corrected chi connectivity index (χ3v) is 7.90. The van der Waals surface area contributed by atoms with Crippen LogP contribution in [0.2, 0.25) is 0 Å². The second kappa shape index (κ2) is 7.89. The Labute approximate surface area is 188 Å². The fourth-order valence-electron chi connectivity index (χ4n) is 5.85. The molecule has 170 valence electrons. The Balaban J connectivity index is 1.12. The van der Waals surface area contributed by atoms with E-state index in [9.17, 15) is 9.59 Å². The molecule has 1 N–H and O–H groups in total. The minimum Gasteiger partial charge on any atom is -0.381 e. The summed E-state index contributed by atoms with van der Waals surface area (Å²) < 4.78 is 11.8. The molecule has 4 fully saturated rings. The van der Waals surface area contributed by atoms with Crippen LogP contribution in [0.15, 0.2) is 30.5 Å². The van der Waals surface area contributed by atoms with Crippen LogP contribution < -0.4 is 0 Å². The lowest BCUT2D eigenvalue weighted by Gasteiger charge is -2.62. The summed E-state index contributed by atoms with van der Waals surface area (Å²) in [5.41, 5.74) is 1.56. The van der Waals surface area contributed by atoms with Crippen LogP contribution in [-0.2, 0) is 14.3 Å². The van der Waals surface area contributed by atoms with Crippen molar-refractivity contribution in [1.82, 2.24) is 14.8 Å². The van der Waals surface area contributed by atoms with Crippen LogP contribution in [0.4, 0.5) is 0 Å². The summed E-state index contributed by atoms with van der Waals surface area (Å²) in [7, 11) is 0. The smallest absolute Gasteiger partial charge is 0.254 e. The van der Waals surface area contributed by atoms with Crippen molar-refractivity contribution in [3.05, 3.63) is 36.0 Å². The number of hydrogen-bond acceptors (Lipinski definition) is 4. The molecule has 3 aliphatic heterocycles. The molecular weight excluding hydrogens is 406 g/mol. The topological polar surface area (TPSA) is 74.9 Å². The zero-order valence-electron chi connectivity index (χ0n) is 18.4. The molecule has 1 saturated carbocycles. The van der Waals surface area contributed by atoms with Gasteiger partial charge in [0.05, 0.1) is 12.1 Å².